The average Bonchev–Trinajstić information content (AvgIpc) is 2.18. The fourth-order valence-corrected chi connectivity index (χ4v) is 1.73. The molecule has 0 aliphatic heterocycles. The van der Waals surface area contributed by atoms with Crippen LogP contribution in [-0.4, -0.2) is 17.6 Å². The van der Waals surface area contributed by atoms with Gasteiger partial charge < -0.3 is 5.32 Å². The van der Waals surface area contributed by atoms with Crippen LogP contribution < -0.4 is 5.32 Å². The smallest absolute Gasteiger partial charge is 0.0300 e. The number of likely N-dealkylation sites (N-methyl/N-ethyl adjacent to an activating group) is 1. The van der Waals surface area contributed by atoms with Crippen LogP contribution in [0.2, 0.25) is 0 Å². The third-order valence-corrected chi connectivity index (χ3v) is 2.29. The Bertz CT molecular complexity index is 293. The number of hydrogen-bond acceptors (Lipinski definition) is 2. The lowest BCUT2D eigenvalue weighted by atomic mass is 10.0. The second-order valence-corrected chi connectivity index (χ2v) is 3.98. The quantitative estimate of drug-likeness (QED) is 0.720. The topological polar surface area (TPSA) is 24.9 Å². The summed E-state index contributed by atoms with van der Waals surface area (Å²) in [5.74, 6) is 0. The Labute approximate surface area is 92.4 Å². The van der Waals surface area contributed by atoms with Gasteiger partial charge in [-0.25, -0.2) is 0 Å². The van der Waals surface area contributed by atoms with E-state index in [1.165, 1.54) is 11.1 Å². The van der Waals surface area contributed by atoms with Crippen molar-refractivity contribution in [3.8, 4) is 0 Å². The predicted octanol–water partition coefficient (Wildman–Crippen LogP) is 2.57. The Morgan fingerprint density at radius 1 is 1.60 bits per heavy atom. The summed E-state index contributed by atoms with van der Waals surface area (Å²) in [7, 11) is 0. The van der Waals surface area contributed by atoms with Gasteiger partial charge in [-0.15, -0.1) is 6.58 Å². The molecule has 0 radical (unpaired) electrons. The van der Waals surface area contributed by atoms with Gasteiger partial charge in [0, 0.05) is 18.4 Å². The van der Waals surface area contributed by atoms with E-state index in [4.69, 9.17) is 0 Å². The van der Waals surface area contributed by atoms with Crippen LogP contribution in [0.3, 0.4) is 0 Å². The van der Waals surface area contributed by atoms with Crippen molar-refractivity contribution in [3.63, 3.8) is 0 Å². The molecule has 0 bridgehead atoms. The molecule has 1 N–H and O–H groups in total. The summed E-state index contributed by atoms with van der Waals surface area (Å²) >= 11 is 0. The predicted molar refractivity (Wildman–Crippen MR) is 64.8 cm³/mol. The molecule has 0 saturated heterocycles. The van der Waals surface area contributed by atoms with E-state index in [0.29, 0.717) is 6.04 Å². The molecule has 0 amide bonds. The van der Waals surface area contributed by atoms with Gasteiger partial charge in [-0.1, -0.05) is 18.6 Å². The summed E-state index contributed by atoms with van der Waals surface area (Å²) in [5, 5.41) is 3.47. The fraction of sp³-hybridized carbons (Fsp3) is 0.462. The number of rotatable bonds is 6. The molecule has 1 aromatic rings. The molecule has 0 fully saturated rings. The Morgan fingerprint density at radius 3 is 2.93 bits per heavy atom. The van der Waals surface area contributed by atoms with Crippen molar-refractivity contribution in [3.05, 3.63) is 42.2 Å². The number of aromatic nitrogens is 1. The molecule has 1 unspecified atom stereocenters. The summed E-state index contributed by atoms with van der Waals surface area (Å²) in [6, 6.07) is 4.59. The van der Waals surface area contributed by atoms with Gasteiger partial charge in [0.25, 0.3) is 0 Å². The molecule has 82 valence electrons. The first-order chi connectivity index (χ1) is 7.22. The highest BCUT2D eigenvalue weighted by Gasteiger charge is 2.08. The Kier molecular flexibility index (Phi) is 5.05. The minimum Gasteiger partial charge on any atom is -0.314 e. The van der Waals surface area contributed by atoms with Crippen molar-refractivity contribution in [2.24, 2.45) is 0 Å². The lowest BCUT2D eigenvalue weighted by Gasteiger charge is -2.17. The van der Waals surface area contributed by atoms with Crippen molar-refractivity contribution in [2.45, 2.75) is 32.7 Å². The number of nitrogens with zero attached hydrogens (tertiary/aromatic N) is 1. The zero-order valence-electron chi connectivity index (χ0n) is 9.66. The van der Waals surface area contributed by atoms with E-state index in [1.54, 1.807) is 0 Å². The molecule has 1 rings (SSSR count). The van der Waals surface area contributed by atoms with Gasteiger partial charge >= 0.3 is 0 Å². The van der Waals surface area contributed by atoms with Crippen molar-refractivity contribution in [1.29, 1.82) is 0 Å². The Balaban J connectivity index is 2.54. The minimum atomic E-state index is 0.483. The fourth-order valence-electron chi connectivity index (χ4n) is 1.73. The molecule has 0 aliphatic rings. The third kappa shape index (κ3) is 4.75. The van der Waals surface area contributed by atoms with Crippen LogP contribution in [0.1, 0.15) is 25.8 Å². The molecular weight excluding hydrogens is 184 g/mol. The zero-order valence-corrected chi connectivity index (χ0v) is 9.66. The van der Waals surface area contributed by atoms with Crippen LogP contribution in [0.4, 0.5) is 0 Å². The van der Waals surface area contributed by atoms with Gasteiger partial charge in [0.1, 0.15) is 0 Å². The standard InChI is InChI=1S/C13H20N2/c1-4-15-13(8-11(2)3)9-12-6-5-7-14-10-12/h5-7,10,13,15H,2,4,8-9H2,1,3H3. The zero-order chi connectivity index (χ0) is 11.1. The van der Waals surface area contributed by atoms with Crippen LogP contribution in [0.25, 0.3) is 0 Å². The van der Waals surface area contributed by atoms with E-state index in [9.17, 15) is 0 Å². The molecule has 2 nitrogen and oxygen atoms in total. The second kappa shape index (κ2) is 6.36. The van der Waals surface area contributed by atoms with E-state index >= 15 is 0 Å². The lowest BCUT2D eigenvalue weighted by molar-refractivity contribution is 0.519. The summed E-state index contributed by atoms with van der Waals surface area (Å²) in [4.78, 5) is 4.13. The molecule has 0 aromatic carbocycles. The van der Waals surface area contributed by atoms with Gasteiger partial charge in [-0.05, 0) is 37.9 Å². The third-order valence-electron chi connectivity index (χ3n) is 2.29. The molecule has 1 heterocycles. The normalized spacial score (nSPS) is 12.4. The molecule has 2 heteroatoms. The molecule has 0 spiro atoms. The summed E-state index contributed by atoms with van der Waals surface area (Å²) in [6.45, 7) is 9.17. The SMILES string of the molecule is C=C(C)CC(Cc1cccnc1)NCC. The summed E-state index contributed by atoms with van der Waals surface area (Å²) in [6.07, 6.45) is 5.80. The first-order valence-electron chi connectivity index (χ1n) is 5.49. The largest absolute Gasteiger partial charge is 0.314 e. The van der Waals surface area contributed by atoms with E-state index in [1.807, 2.05) is 18.5 Å². The van der Waals surface area contributed by atoms with Gasteiger partial charge in [0.15, 0.2) is 0 Å². The van der Waals surface area contributed by atoms with Gasteiger partial charge in [0.2, 0.25) is 0 Å². The van der Waals surface area contributed by atoms with Crippen molar-refractivity contribution >= 4 is 0 Å². The van der Waals surface area contributed by atoms with E-state index in [2.05, 4.69) is 36.8 Å². The van der Waals surface area contributed by atoms with Crippen LogP contribution in [0.5, 0.6) is 0 Å². The summed E-state index contributed by atoms with van der Waals surface area (Å²) < 4.78 is 0. The second-order valence-electron chi connectivity index (χ2n) is 3.98. The molecule has 1 aromatic heterocycles. The van der Waals surface area contributed by atoms with E-state index in [0.717, 1.165) is 19.4 Å². The summed E-state index contributed by atoms with van der Waals surface area (Å²) in [5.41, 5.74) is 2.51. The van der Waals surface area contributed by atoms with Crippen LogP contribution in [0.15, 0.2) is 36.7 Å². The van der Waals surface area contributed by atoms with Crippen molar-refractivity contribution < 1.29 is 0 Å². The van der Waals surface area contributed by atoms with Crippen LogP contribution in [-0.2, 0) is 6.42 Å². The van der Waals surface area contributed by atoms with E-state index in [-0.39, 0.29) is 0 Å². The minimum absolute atomic E-state index is 0.483. The maximum absolute atomic E-state index is 4.13. The van der Waals surface area contributed by atoms with E-state index < -0.39 is 0 Å². The average molecular weight is 204 g/mol. The van der Waals surface area contributed by atoms with Gasteiger partial charge in [0.05, 0.1) is 0 Å². The monoisotopic (exact) mass is 204 g/mol. The molecule has 1 atom stereocenters. The maximum Gasteiger partial charge on any atom is 0.0300 e. The van der Waals surface area contributed by atoms with Gasteiger partial charge in [-0.2, -0.15) is 0 Å². The molecule has 0 aliphatic carbocycles. The first-order valence-corrected chi connectivity index (χ1v) is 5.49. The molecule has 15 heavy (non-hydrogen) atoms. The van der Waals surface area contributed by atoms with Crippen molar-refractivity contribution in [2.75, 3.05) is 6.54 Å². The lowest BCUT2D eigenvalue weighted by Crippen LogP contribution is -2.31. The van der Waals surface area contributed by atoms with Gasteiger partial charge in [-0.3, -0.25) is 4.98 Å². The Morgan fingerprint density at radius 2 is 2.40 bits per heavy atom. The highest BCUT2D eigenvalue weighted by molar-refractivity contribution is 5.11. The highest BCUT2D eigenvalue weighted by atomic mass is 14.9. The van der Waals surface area contributed by atoms with Crippen LogP contribution in [0, 0.1) is 0 Å². The highest BCUT2D eigenvalue weighted by Crippen LogP contribution is 2.08. The number of hydrogen-bond donors (Lipinski definition) is 1. The molecular formula is C13H20N2. The number of pyridine rings is 1. The number of nitrogens with one attached hydrogen (secondary N) is 1. The van der Waals surface area contributed by atoms with Crippen LogP contribution >= 0.6 is 0 Å². The first kappa shape index (κ1) is 11.9. The van der Waals surface area contributed by atoms with Crippen molar-refractivity contribution in [1.82, 2.24) is 10.3 Å². The maximum atomic E-state index is 4.13. The molecule has 0 saturated carbocycles. The Hall–Kier alpha value is -1.15.